The Kier molecular flexibility index (Phi) is 3.20. The van der Waals surface area contributed by atoms with Crippen molar-refractivity contribution in [2.45, 2.75) is 6.92 Å². The molecule has 0 saturated carbocycles. The fourth-order valence-electron chi connectivity index (χ4n) is 0.933. The maximum Gasteiger partial charge on any atom is 0.707 e. The highest BCUT2D eigenvalue weighted by molar-refractivity contribution is 6.33. The molecule has 0 aliphatic heterocycles. The third-order valence-corrected chi connectivity index (χ3v) is 1.67. The number of hydrogen-bond acceptors (Lipinski definition) is 3. The molecule has 0 radical (unpaired) electrons. The molecule has 0 amide bonds. The minimum absolute atomic E-state index is 0.815. The fourth-order valence-corrected chi connectivity index (χ4v) is 0.933. The van der Waals surface area contributed by atoms with Crippen molar-refractivity contribution >= 4 is 7.32 Å². The minimum atomic E-state index is -2.53. The summed E-state index contributed by atoms with van der Waals surface area (Å²) in [6.45, 7) is 0.851. The van der Waals surface area contributed by atoms with E-state index in [1.54, 1.807) is 0 Å². The van der Waals surface area contributed by atoms with Crippen molar-refractivity contribution < 1.29 is 32.3 Å². The Morgan fingerprint density at radius 3 is 1.93 bits per heavy atom. The van der Waals surface area contributed by atoms with E-state index in [2.05, 4.69) is 4.65 Å². The fraction of sp³-hybridized carbons (Fsp3) is 0.143. The van der Waals surface area contributed by atoms with Gasteiger partial charge < -0.3 is 14.7 Å². The topological polar surface area (TPSA) is 49.7 Å². The molecule has 0 saturated heterocycles. The maximum absolute atomic E-state index is 13.1. The highest BCUT2D eigenvalue weighted by Crippen LogP contribution is 2.29. The molecule has 0 spiro atoms. The first kappa shape index (κ1) is 11.8. The monoisotopic (exact) mass is 224 g/mol. The standard InChI is InChI=1S/C7H5BF4O3/c1-2-3(9)5(11)6(12)7(4(2)10)15-8(13)14/h13-14H,1H3. The van der Waals surface area contributed by atoms with Gasteiger partial charge in [-0.1, -0.05) is 0 Å². The zero-order valence-electron chi connectivity index (χ0n) is 7.39. The summed E-state index contributed by atoms with van der Waals surface area (Å²) >= 11 is 0. The average molecular weight is 224 g/mol. The summed E-state index contributed by atoms with van der Waals surface area (Å²) in [6.07, 6.45) is 0. The average Bonchev–Trinajstić information content (AvgIpc) is 2.18. The van der Waals surface area contributed by atoms with Crippen molar-refractivity contribution in [3.05, 3.63) is 28.8 Å². The Bertz CT molecular complexity index is 367. The molecule has 1 aromatic rings. The van der Waals surface area contributed by atoms with Crippen molar-refractivity contribution in [2.75, 3.05) is 0 Å². The highest BCUT2D eigenvalue weighted by Gasteiger charge is 2.27. The number of benzene rings is 1. The SMILES string of the molecule is Cc1c(F)c(F)c(F)c(OB(O)O)c1F. The third kappa shape index (κ3) is 2.05. The van der Waals surface area contributed by atoms with Gasteiger partial charge in [-0.2, -0.15) is 4.39 Å². The van der Waals surface area contributed by atoms with Gasteiger partial charge in [-0.15, -0.1) is 0 Å². The number of hydrogen-bond donors (Lipinski definition) is 2. The van der Waals surface area contributed by atoms with Gasteiger partial charge in [0.15, 0.2) is 23.2 Å². The van der Waals surface area contributed by atoms with E-state index in [0.717, 1.165) is 6.92 Å². The molecular formula is C7H5BF4O3. The normalized spacial score (nSPS) is 10.3. The van der Waals surface area contributed by atoms with Gasteiger partial charge in [0, 0.05) is 5.56 Å². The molecule has 0 atom stereocenters. The molecule has 0 bridgehead atoms. The van der Waals surface area contributed by atoms with E-state index in [1.807, 2.05) is 0 Å². The van der Waals surface area contributed by atoms with Crippen LogP contribution in [-0.2, 0) is 0 Å². The Morgan fingerprint density at radius 2 is 1.47 bits per heavy atom. The van der Waals surface area contributed by atoms with Crippen LogP contribution < -0.4 is 4.65 Å². The lowest BCUT2D eigenvalue weighted by atomic mass is 10.1. The van der Waals surface area contributed by atoms with Crippen LogP contribution in [0.3, 0.4) is 0 Å². The Morgan fingerprint density at radius 1 is 0.933 bits per heavy atom. The summed E-state index contributed by atoms with van der Waals surface area (Å²) < 4.78 is 55.2. The summed E-state index contributed by atoms with van der Waals surface area (Å²) in [6, 6.07) is 0. The molecule has 0 heterocycles. The second-order valence-electron chi connectivity index (χ2n) is 2.65. The molecular weight excluding hydrogens is 219 g/mol. The summed E-state index contributed by atoms with van der Waals surface area (Å²) in [5.41, 5.74) is -0.815. The van der Waals surface area contributed by atoms with Gasteiger partial charge in [-0.25, -0.2) is 13.2 Å². The first-order chi connectivity index (χ1) is 6.86. The smallest absolute Gasteiger partial charge is 0.507 e. The molecule has 2 N–H and O–H groups in total. The first-order valence-electron chi connectivity index (χ1n) is 3.71. The van der Waals surface area contributed by atoms with Crippen LogP contribution in [0.15, 0.2) is 0 Å². The van der Waals surface area contributed by atoms with Crippen LogP contribution in [0.5, 0.6) is 5.75 Å². The Balaban J connectivity index is 3.39. The van der Waals surface area contributed by atoms with Gasteiger partial charge in [0.1, 0.15) is 0 Å². The third-order valence-electron chi connectivity index (χ3n) is 1.67. The van der Waals surface area contributed by atoms with Crippen LogP contribution >= 0.6 is 0 Å². The van der Waals surface area contributed by atoms with E-state index < -0.39 is 41.9 Å². The van der Waals surface area contributed by atoms with E-state index in [9.17, 15) is 17.6 Å². The lowest BCUT2D eigenvalue weighted by molar-refractivity contribution is 0.268. The highest BCUT2D eigenvalue weighted by atomic mass is 19.2. The van der Waals surface area contributed by atoms with E-state index in [1.165, 1.54) is 0 Å². The van der Waals surface area contributed by atoms with Crippen LogP contribution in [-0.4, -0.2) is 17.4 Å². The number of rotatable bonds is 2. The Hall–Kier alpha value is -1.28. The predicted octanol–water partition coefficient (Wildman–Crippen LogP) is 0.900. The second-order valence-corrected chi connectivity index (χ2v) is 2.65. The quantitative estimate of drug-likeness (QED) is 0.339. The summed E-state index contributed by atoms with van der Waals surface area (Å²) in [7, 11) is -2.53. The molecule has 1 aromatic carbocycles. The van der Waals surface area contributed by atoms with Crippen molar-refractivity contribution in [1.29, 1.82) is 0 Å². The lowest BCUT2D eigenvalue weighted by Gasteiger charge is -2.10. The van der Waals surface area contributed by atoms with E-state index in [0.29, 0.717) is 0 Å². The molecule has 0 aromatic heterocycles. The largest absolute Gasteiger partial charge is 0.707 e. The molecule has 0 aliphatic rings. The lowest BCUT2D eigenvalue weighted by Crippen LogP contribution is -2.23. The predicted molar refractivity (Wildman–Crippen MR) is 41.8 cm³/mol. The van der Waals surface area contributed by atoms with Crippen molar-refractivity contribution in [3.8, 4) is 5.75 Å². The number of halogens is 4. The molecule has 8 heteroatoms. The van der Waals surface area contributed by atoms with E-state index >= 15 is 0 Å². The van der Waals surface area contributed by atoms with Crippen molar-refractivity contribution in [1.82, 2.24) is 0 Å². The summed E-state index contributed by atoms with van der Waals surface area (Å²) in [5, 5.41) is 16.6. The Labute approximate surface area is 82.1 Å². The van der Waals surface area contributed by atoms with E-state index in [-0.39, 0.29) is 0 Å². The zero-order chi connectivity index (χ0) is 11.7. The van der Waals surface area contributed by atoms with Gasteiger partial charge in [0.2, 0.25) is 5.82 Å². The van der Waals surface area contributed by atoms with Gasteiger partial charge in [0.05, 0.1) is 0 Å². The molecule has 0 fully saturated rings. The molecule has 15 heavy (non-hydrogen) atoms. The molecule has 1 rings (SSSR count). The van der Waals surface area contributed by atoms with Gasteiger partial charge in [-0.05, 0) is 6.92 Å². The van der Waals surface area contributed by atoms with Gasteiger partial charge >= 0.3 is 7.32 Å². The second kappa shape index (κ2) is 4.07. The molecule has 0 aliphatic carbocycles. The van der Waals surface area contributed by atoms with Crippen LogP contribution in [0.1, 0.15) is 5.56 Å². The van der Waals surface area contributed by atoms with Crippen LogP contribution in [0.25, 0.3) is 0 Å². The molecule has 0 unspecified atom stereocenters. The van der Waals surface area contributed by atoms with Crippen LogP contribution in [0.2, 0.25) is 0 Å². The summed E-state index contributed by atoms with van der Waals surface area (Å²) in [5.74, 6) is -8.49. The van der Waals surface area contributed by atoms with Crippen molar-refractivity contribution in [3.63, 3.8) is 0 Å². The summed E-state index contributed by atoms with van der Waals surface area (Å²) in [4.78, 5) is 0. The molecule has 3 nitrogen and oxygen atoms in total. The molecule has 82 valence electrons. The van der Waals surface area contributed by atoms with Crippen LogP contribution in [0, 0.1) is 30.2 Å². The zero-order valence-corrected chi connectivity index (χ0v) is 7.39. The minimum Gasteiger partial charge on any atom is -0.507 e. The van der Waals surface area contributed by atoms with E-state index in [4.69, 9.17) is 10.0 Å². The van der Waals surface area contributed by atoms with Crippen molar-refractivity contribution in [2.24, 2.45) is 0 Å². The van der Waals surface area contributed by atoms with Gasteiger partial charge in [-0.3, -0.25) is 0 Å². The van der Waals surface area contributed by atoms with Crippen LogP contribution in [0.4, 0.5) is 17.6 Å². The van der Waals surface area contributed by atoms with Gasteiger partial charge in [0.25, 0.3) is 0 Å². The maximum atomic E-state index is 13.1. The first-order valence-corrected chi connectivity index (χ1v) is 3.71.